The first-order valence-corrected chi connectivity index (χ1v) is 7.56. The van der Waals surface area contributed by atoms with Gasteiger partial charge in [0.25, 0.3) is 5.91 Å². The summed E-state index contributed by atoms with van der Waals surface area (Å²) in [5.41, 5.74) is 1.01. The number of benzene rings is 1. The van der Waals surface area contributed by atoms with Crippen LogP contribution >= 0.6 is 15.9 Å². The Morgan fingerprint density at radius 1 is 1.37 bits per heavy atom. The number of rotatable bonds is 3. The summed E-state index contributed by atoms with van der Waals surface area (Å²) in [7, 11) is 0. The lowest BCUT2D eigenvalue weighted by molar-refractivity contribution is 0.00525. The van der Waals surface area contributed by atoms with Crippen LogP contribution in [0.5, 0.6) is 0 Å². The van der Waals surface area contributed by atoms with Crippen molar-refractivity contribution < 1.29 is 9.90 Å². The Hall–Kier alpha value is -0.870. The topological polar surface area (TPSA) is 49.3 Å². The van der Waals surface area contributed by atoms with Gasteiger partial charge in [0.2, 0.25) is 0 Å². The van der Waals surface area contributed by atoms with E-state index in [1.807, 2.05) is 19.1 Å². The quantitative estimate of drug-likeness (QED) is 0.896. The fourth-order valence-corrected chi connectivity index (χ4v) is 2.85. The summed E-state index contributed by atoms with van der Waals surface area (Å²) >= 11 is 3.42. The molecular weight excluding hydrogens is 306 g/mol. The molecule has 0 bridgehead atoms. The van der Waals surface area contributed by atoms with Crippen LogP contribution in [0.25, 0.3) is 0 Å². The Bertz CT molecular complexity index is 467. The van der Waals surface area contributed by atoms with Gasteiger partial charge in [0, 0.05) is 16.6 Å². The number of hydrogen-bond acceptors (Lipinski definition) is 2. The predicted octanol–water partition coefficient (Wildman–Crippen LogP) is 3.18. The summed E-state index contributed by atoms with van der Waals surface area (Å²) in [6.45, 7) is 2.33. The molecular formula is C15H20BrNO2. The Morgan fingerprint density at radius 2 is 2.05 bits per heavy atom. The maximum absolute atomic E-state index is 12.1. The number of amides is 1. The van der Waals surface area contributed by atoms with Crippen molar-refractivity contribution in [3.05, 3.63) is 33.8 Å². The molecule has 104 valence electrons. The molecule has 2 rings (SSSR count). The Morgan fingerprint density at radius 3 is 2.68 bits per heavy atom. The molecule has 4 heteroatoms. The van der Waals surface area contributed by atoms with Gasteiger partial charge in [0.1, 0.15) is 0 Å². The van der Waals surface area contributed by atoms with E-state index < -0.39 is 5.60 Å². The molecule has 0 aromatic heterocycles. The van der Waals surface area contributed by atoms with Crippen molar-refractivity contribution in [1.29, 1.82) is 0 Å². The zero-order valence-corrected chi connectivity index (χ0v) is 12.8. The van der Waals surface area contributed by atoms with E-state index in [1.165, 1.54) is 6.42 Å². The van der Waals surface area contributed by atoms with Gasteiger partial charge in [-0.15, -0.1) is 0 Å². The fraction of sp³-hybridized carbons (Fsp3) is 0.533. The first-order chi connectivity index (χ1) is 9.00. The minimum atomic E-state index is -0.712. The van der Waals surface area contributed by atoms with Gasteiger partial charge < -0.3 is 10.4 Å². The molecule has 0 radical (unpaired) electrons. The highest BCUT2D eigenvalue weighted by Crippen LogP contribution is 2.27. The standard InChI is InChI=1S/C15H20BrNO2/c1-11-5-6-12(9-13(11)16)14(18)17-10-15(19)7-3-2-4-8-15/h5-6,9,19H,2-4,7-8,10H2,1H3,(H,17,18). The molecule has 0 heterocycles. The highest BCUT2D eigenvalue weighted by Gasteiger charge is 2.29. The molecule has 1 aliphatic carbocycles. The third kappa shape index (κ3) is 3.80. The van der Waals surface area contributed by atoms with E-state index in [9.17, 15) is 9.90 Å². The predicted molar refractivity (Wildman–Crippen MR) is 79.2 cm³/mol. The lowest BCUT2D eigenvalue weighted by Crippen LogP contribution is -2.44. The summed E-state index contributed by atoms with van der Waals surface area (Å²) in [4.78, 5) is 12.1. The number of aliphatic hydroxyl groups is 1. The fourth-order valence-electron chi connectivity index (χ4n) is 2.47. The minimum Gasteiger partial charge on any atom is -0.388 e. The van der Waals surface area contributed by atoms with Crippen LogP contribution in [0.4, 0.5) is 0 Å². The van der Waals surface area contributed by atoms with Gasteiger partial charge in [0.05, 0.1) is 5.60 Å². The van der Waals surface area contributed by atoms with Crippen LogP contribution in [0, 0.1) is 6.92 Å². The molecule has 0 atom stereocenters. The van der Waals surface area contributed by atoms with Gasteiger partial charge in [-0.25, -0.2) is 0 Å². The molecule has 2 N–H and O–H groups in total. The average molecular weight is 326 g/mol. The second-order valence-corrected chi connectivity index (χ2v) is 6.29. The van der Waals surface area contributed by atoms with Gasteiger partial charge >= 0.3 is 0 Å². The van der Waals surface area contributed by atoms with Crippen LogP contribution in [-0.4, -0.2) is 23.2 Å². The van der Waals surface area contributed by atoms with E-state index in [0.29, 0.717) is 12.1 Å². The molecule has 0 spiro atoms. The molecule has 0 saturated heterocycles. The summed E-state index contributed by atoms with van der Waals surface area (Å²) in [5, 5.41) is 13.2. The van der Waals surface area contributed by atoms with Crippen molar-refractivity contribution in [1.82, 2.24) is 5.32 Å². The van der Waals surface area contributed by atoms with Gasteiger partial charge in [-0.3, -0.25) is 4.79 Å². The van der Waals surface area contributed by atoms with Crippen LogP contribution < -0.4 is 5.32 Å². The summed E-state index contributed by atoms with van der Waals surface area (Å²) in [5.74, 6) is -0.125. The smallest absolute Gasteiger partial charge is 0.251 e. The molecule has 0 unspecified atom stereocenters. The third-order valence-corrected chi connectivity index (χ3v) is 4.65. The Kier molecular flexibility index (Phi) is 4.63. The molecule has 3 nitrogen and oxygen atoms in total. The van der Waals surface area contributed by atoms with Crippen molar-refractivity contribution >= 4 is 21.8 Å². The van der Waals surface area contributed by atoms with E-state index in [1.54, 1.807) is 6.07 Å². The van der Waals surface area contributed by atoms with Crippen molar-refractivity contribution in [2.45, 2.75) is 44.6 Å². The molecule has 0 aliphatic heterocycles. The van der Waals surface area contributed by atoms with Crippen molar-refractivity contribution in [3.63, 3.8) is 0 Å². The molecule has 1 aliphatic rings. The molecule has 1 saturated carbocycles. The molecule has 1 fully saturated rings. The first kappa shape index (κ1) is 14.5. The summed E-state index contributed by atoms with van der Waals surface area (Å²) < 4.78 is 0.927. The van der Waals surface area contributed by atoms with Crippen LogP contribution in [0.15, 0.2) is 22.7 Å². The second-order valence-electron chi connectivity index (χ2n) is 5.43. The van der Waals surface area contributed by atoms with Crippen molar-refractivity contribution in [3.8, 4) is 0 Å². The number of halogens is 1. The average Bonchev–Trinajstić information content (AvgIpc) is 2.40. The zero-order valence-electron chi connectivity index (χ0n) is 11.2. The zero-order chi connectivity index (χ0) is 13.9. The van der Waals surface area contributed by atoms with Crippen LogP contribution in [0.3, 0.4) is 0 Å². The van der Waals surface area contributed by atoms with Crippen LogP contribution in [-0.2, 0) is 0 Å². The second kappa shape index (κ2) is 6.06. The maximum Gasteiger partial charge on any atom is 0.251 e. The summed E-state index contributed by atoms with van der Waals surface area (Å²) in [6, 6.07) is 5.53. The molecule has 1 amide bonds. The van der Waals surface area contributed by atoms with E-state index >= 15 is 0 Å². The number of carbonyl (C=O) groups excluding carboxylic acids is 1. The van der Waals surface area contributed by atoms with Gasteiger partial charge in [-0.2, -0.15) is 0 Å². The lowest BCUT2D eigenvalue weighted by atomic mass is 9.85. The highest BCUT2D eigenvalue weighted by molar-refractivity contribution is 9.10. The number of carbonyl (C=O) groups is 1. The number of hydrogen-bond donors (Lipinski definition) is 2. The maximum atomic E-state index is 12.1. The van der Waals surface area contributed by atoms with Crippen molar-refractivity contribution in [2.75, 3.05) is 6.54 Å². The minimum absolute atomic E-state index is 0.125. The van der Waals surface area contributed by atoms with E-state index in [-0.39, 0.29) is 5.91 Å². The SMILES string of the molecule is Cc1ccc(C(=O)NCC2(O)CCCCC2)cc1Br. The van der Waals surface area contributed by atoms with E-state index in [2.05, 4.69) is 21.2 Å². The van der Waals surface area contributed by atoms with E-state index in [4.69, 9.17) is 0 Å². The monoisotopic (exact) mass is 325 g/mol. The van der Waals surface area contributed by atoms with Crippen LogP contribution in [0.2, 0.25) is 0 Å². The lowest BCUT2D eigenvalue weighted by Gasteiger charge is -2.32. The van der Waals surface area contributed by atoms with Crippen LogP contribution in [0.1, 0.15) is 48.0 Å². The summed E-state index contributed by atoms with van der Waals surface area (Å²) in [6.07, 6.45) is 4.84. The largest absolute Gasteiger partial charge is 0.388 e. The Labute approximate surface area is 122 Å². The molecule has 19 heavy (non-hydrogen) atoms. The normalized spacial score (nSPS) is 18.1. The van der Waals surface area contributed by atoms with Crippen molar-refractivity contribution in [2.24, 2.45) is 0 Å². The third-order valence-electron chi connectivity index (χ3n) is 3.80. The number of aryl methyl sites for hydroxylation is 1. The highest BCUT2D eigenvalue weighted by atomic mass is 79.9. The van der Waals surface area contributed by atoms with Gasteiger partial charge in [-0.1, -0.05) is 41.3 Å². The molecule has 1 aromatic rings. The van der Waals surface area contributed by atoms with Gasteiger partial charge in [-0.05, 0) is 37.5 Å². The first-order valence-electron chi connectivity index (χ1n) is 6.77. The number of nitrogens with one attached hydrogen (secondary N) is 1. The molecule has 1 aromatic carbocycles. The Balaban J connectivity index is 1.95. The van der Waals surface area contributed by atoms with E-state index in [0.717, 1.165) is 35.7 Å². The van der Waals surface area contributed by atoms with Gasteiger partial charge in [0.15, 0.2) is 0 Å².